The molecule has 24 heavy (non-hydrogen) atoms. The Morgan fingerprint density at radius 2 is 1.75 bits per heavy atom. The Kier molecular flexibility index (Phi) is 4.10. The Morgan fingerprint density at radius 1 is 1.04 bits per heavy atom. The van der Waals surface area contributed by atoms with Crippen molar-refractivity contribution in [2.45, 2.75) is 33.1 Å². The summed E-state index contributed by atoms with van der Waals surface area (Å²) in [6.45, 7) is 8.51. The molecule has 122 valence electrons. The zero-order chi connectivity index (χ0) is 17.3. The van der Waals surface area contributed by atoms with E-state index in [1.807, 2.05) is 55.5 Å². The fraction of sp³-hybridized carbons (Fsp3) is 0.238. The van der Waals surface area contributed by atoms with Crippen molar-refractivity contribution in [3.05, 3.63) is 76.5 Å². The SMILES string of the molecule is Cc1cccc(C=C2N=C(c3ccc(C(C)(C)C)cc3)OC2=O)c1. The van der Waals surface area contributed by atoms with Crippen LogP contribution in [-0.4, -0.2) is 11.9 Å². The number of ether oxygens (including phenoxy) is 1. The number of hydrogen-bond acceptors (Lipinski definition) is 3. The highest BCUT2D eigenvalue weighted by molar-refractivity contribution is 6.12. The van der Waals surface area contributed by atoms with Gasteiger partial charge in [0, 0.05) is 5.56 Å². The normalized spacial score (nSPS) is 16.2. The van der Waals surface area contributed by atoms with Crippen molar-refractivity contribution >= 4 is 17.9 Å². The first-order chi connectivity index (χ1) is 11.3. The first-order valence-electron chi connectivity index (χ1n) is 8.03. The number of aryl methyl sites for hydroxylation is 1. The summed E-state index contributed by atoms with van der Waals surface area (Å²) >= 11 is 0. The number of carbonyl (C=O) groups excluding carboxylic acids is 1. The minimum atomic E-state index is -0.411. The standard InChI is InChI=1S/C21H21NO2/c1-14-6-5-7-15(12-14)13-18-20(23)24-19(22-18)16-8-10-17(11-9-16)21(2,3)4/h5-13H,1-4H3. The quantitative estimate of drug-likeness (QED) is 0.597. The van der Waals surface area contributed by atoms with Gasteiger partial charge in [0.25, 0.3) is 0 Å². The van der Waals surface area contributed by atoms with Crippen LogP contribution in [0.4, 0.5) is 0 Å². The summed E-state index contributed by atoms with van der Waals surface area (Å²) in [5.74, 6) is -0.0502. The molecule has 3 rings (SSSR count). The molecule has 0 N–H and O–H groups in total. The summed E-state index contributed by atoms with van der Waals surface area (Å²) < 4.78 is 5.33. The van der Waals surface area contributed by atoms with E-state index in [2.05, 4.69) is 25.8 Å². The average Bonchev–Trinajstić information content (AvgIpc) is 2.88. The molecule has 0 saturated carbocycles. The van der Waals surface area contributed by atoms with Gasteiger partial charge in [0.15, 0.2) is 5.70 Å². The van der Waals surface area contributed by atoms with Gasteiger partial charge in [-0.05, 0) is 41.7 Å². The summed E-state index contributed by atoms with van der Waals surface area (Å²) in [5.41, 5.74) is 4.53. The molecule has 3 heteroatoms. The van der Waals surface area contributed by atoms with Gasteiger partial charge in [-0.15, -0.1) is 0 Å². The molecule has 0 amide bonds. The van der Waals surface area contributed by atoms with Crippen LogP contribution in [0.1, 0.15) is 43.0 Å². The lowest BCUT2D eigenvalue weighted by molar-refractivity contribution is -0.129. The summed E-state index contributed by atoms with van der Waals surface area (Å²) in [6, 6.07) is 15.9. The van der Waals surface area contributed by atoms with Gasteiger partial charge in [-0.25, -0.2) is 9.79 Å². The van der Waals surface area contributed by atoms with E-state index < -0.39 is 5.97 Å². The zero-order valence-electron chi connectivity index (χ0n) is 14.5. The van der Waals surface area contributed by atoms with Crippen LogP contribution in [0.3, 0.4) is 0 Å². The van der Waals surface area contributed by atoms with E-state index in [1.165, 1.54) is 5.56 Å². The van der Waals surface area contributed by atoms with Crippen molar-refractivity contribution < 1.29 is 9.53 Å². The second-order valence-corrected chi connectivity index (χ2v) is 7.08. The maximum absolute atomic E-state index is 12.1. The predicted molar refractivity (Wildman–Crippen MR) is 96.9 cm³/mol. The number of benzene rings is 2. The second kappa shape index (κ2) is 6.08. The Balaban J connectivity index is 1.89. The van der Waals surface area contributed by atoms with E-state index in [0.29, 0.717) is 11.6 Å². The van der Waals surface area contributed by atoms with Crippen LogP contribution >= 0.6 is 0 Å². The molecule has 0 spiro atoms. The number of carbonyl (C=O) groups is 1. The van der Waals surface area contributed by atoms with E-state index in [0.717, 1.165) is 16.7 Å². The van der Waals surface area contributed by atoms with Gasteiger partial charge < -0.3 is 4.74 Å². The highest BCUT2D eigenvalue weighted by Gasteiger charge is 2.24. The molecule has 1 aliphatic heterocycles. The maximum atomic E-state index is 12.1. The van der Waals surface area contributed by atoms with Crippen LogP contribution in [0.5, 0.6) is 0 Å². The van der Waals surface area contributed by atoms with Crippen molar-refractivity contribution in [1.29, 1.82) is 0 Å². The van der Waals surface area contributed by atoms with E-state index in [9.17, 15) is 4.79 Å². The molecule has 2 aromatic carbocycles. The third-order valence-corrected chi connectivity index (χ3v) is 3.96. The van der Waals surface area contributed by atoms with Gasteiger partial charge in [-0.1, -0.05) is 62.7 Å². The van der Waals surface area contributed by atoms with Gasteiger partial charge in [0.05, 0.1) is 0 Å². The Hall–Kier alpha value is -2.68. The molecule has 0 aromatic heterocycles. The molecule has 0 saturated heterocycles. The average molecular weight is 319 g/mol. The van der Waals surface area contributed by atoms with Crippen molar-refractivity contribution in [1.82, 2.24) is 0 Å². The maximum Gasteiger partial charge on any atom is 0.363 e. The molecule has 3 nitrogen and oxygen atoms in total. The summed E-state index contributed by atoms with van der Waals surface area (Å²) in [7, 11) is 0. The van der Waals surface area contributed by atoms with E-state index in [4.69, 9.17) is 4.74 Å². The zero-order valence-corrected chi connectivity index (χ0v) is 14.5. The lowest BCUT2D eigenvalue weighted by atomic mass is 9.87. The number of rotatable bonds is 2. The van der Waals surface area contributed by atoms with E-state index in [1.54, 1.807) is 6.08 Å². The summed E-state index contributed by atoms with van der Waals surface area (Å²) in [5, 5.41) is 0. The fourth-order valence-corrected chi connectivity index (χ4v) is 2.56. The summed E-state index contributed by atoms with van der Waals surface area (Å²) in [4.78, 5) is 16.4. The van der Waals surface area contributed by atoms with Gasteiger partial charge in [-0.2, -0.15) is 0 Å². The Bertz CT molecular complexity index is 837. The number of cyclic esters (lactones) is 1. The first kappa shape index (κ1) is 16.2. The second-order valence-electron chi connectivity index (χ2n) is 7.08. The predicted octanol–water partition coefficient (Wildman–Crippen LogP) is 4.64. The number of hydrogen-bond donors (Lipinski definition) is 0. The number of nitrogens with zero attached hydrogens (tertiary/aromatic N) is 1. The lowest BCUT2D eigenvalue weighted by Crippen LogP contribution is -2.11. The minimum Gasteiger partial charge on any atom is -0.402 e. The van der Waals surface area contributed by atoms with Crippen molar-refractivity contribution in [2.75, 3.05) is 0 Å². The molecule has 1 aliphatic rings. The summed E-state index contributed by atoms with van der Waals surface area (Å²) in [6.07, 6.45) is 1.76. The van der Waals surface area contributed by atoms with Crippen LogP contribution in [0.15, 0.2) is 59.2 Å². The minimum absolute atomic E-state index is 0.0862. The molecular weight excluding hydrogens is 298 g/mol. The van der Waals surface area contributed by atoms with Crippen LogP contribution < -0.4 is 0 Å². The van der Waals surface area contributed by atoms with Gasteiger partial charge >= 0.3 is 5.97 Å². The Labute approximate surface area is 142 Å². The van der Waals surface area contributed by atoms with Gasteiger partial charge in [0.2, 0.25) is 5.90 Å². The molecule has 0 fully saturated rings. The third kappa shape index (κ3) is 3.46. The third-order valence-electron chi connectivity index (χ3n) is 3.96. The molecule has 2 aromatic rings. The molecule has 0 bridgehead atoms. The first-order valence-corrected chi connectivity index (χ1v) is 8.03. The molecule has 0 unspecified atom stereocenters. The van der Waals surface area contributed by atoms with Crippen molar-refractivity contribution in [3.8, 4) is 0 Å². The number of aliphatic imine (C=N–C) groups is 1. The van der Waals surface area contributed by atoms with Crippen LogP contribution in [0.25, 0.3) is 6.08 Å². The van der Waals surface area contributed by atoms with E-state index >= 15 is 0 Å². The highest BCUT2D eigenvalue weighted by Crippen LogP contribution is 2.24. The van der Waals surface area contributed by atoms with Crippen LogP contribution in [0.2, 0.25) is 0 Å². The lowest BCUT2D eigenvalue weighted by Gasteiger charge is -2.18. The van der Waals surface area contributed by atoms with E-state index in [-0.39, 0.29) is 5.41 Å². The largest absolute Gasteiger partial charge is 0.402 e. The molecule has 0 atom stereocenters. The monoisotopic (exact) mass is 319 g/mol. The topological polar surface area (TPSA) is 38.7 Å². The smallest absolute Gasteiger partial charge is 0.363 e. The number of esters is 1. The van der Waals surface area contributed by atoms with Gasteiger partial charge in [-0.3, -0.25) is 0 Å². The van der Waals surface area contributed by atoms with Crippen LogP contribution in [0, 0.1) is 6.92 Å². The van der Waals surface area contributed by atoms with Gasteiger partial charge in [0.1, 0.15) is 0 Å². The fourth-order valence-electron chi connectivity index (χ4n) is 2.56. The molecular formula is C21H21NO2. The molecule has 0 radical (unpaired) electrons. The van der Waals surface area contributed by atoms with Crippen molar-refractivity contribution in [3.63, 3.8) is 0 Å². The molecule has 0 aliphatic carbocycles. The highest BCUT2D eigenvalue weighted by atomic mass is 16.6. The molecule has 1 heterocycles. The Morgan fingerprint density at radius 3 is 2.38 bits per heavy atom. The van der Waals surface area contributed by atoms with Crippen molar-refractivity contribution in [2.24, 2.45) is 4.99 Å². The van der Waals surface area contributed by atoms with Crippen LogP contribution in [-0.2, 0) is 14.9 Å².